The summed E-state index contributed by atoms with van der Waals surface area (Å²) < 4.78 is 10.2. The van der Waals surface area contributed by atoms with Gasteiger partial charge >= 0.3 is 6.09 Å². The van der Waals surface area contributed by atoms with Gasteiger partial charge in [-0.15, -0.1) is 0 Å². The van der Waals surface area contributed by atoms with Crippen LogP contribution in [0.5, 0.6) is 0 Å². The minimum absolute atomic E-state index is 0.318. The molecule has 1 unspecified atom stereocenters. The van der Waals surface area contributed by atoms with Crippen LogP contribution in [0.2, 0.25) is 0 Å². The second-order valence-electron chi connectivity index (χ2n) is 6.05. The third-order valence-electron chi connectivity index (χ3n) is 2.83. The third kappa shape index (κ3) is 7.29. The first-order valence-corrected chi connectivity index (χ1v) is 7.24. The zero-order valence-electron chi connectivity index (χ0n) is 13.4. The number of carbonyl (C=O) groups excluding carboxylic acids is 1. The highest BCUT2D eigenvalue weighted by Crippen LogP contribution is 2.10. The predicted molar refractivity (Wildman–Crippen MR) is 80.6 cm³/mol. The molecule has 1 aliphatic heterocycles. The highest BCUT2D eigenvalue weighted by atomic mass is 16.6. The summed E-state index contributed by atoms with van der Waals surface area (Å²) in [6.45, 7) is 7.98. The zero-order chi connectivity index (χ0) is 15.9. The van der Waals surface area contributed by atoms with Crippen LogP contribution in [-0.4, -0.2) is 73.5 Å². The monoisotopic (exact) mass is 301 g/mol. The van der Waals surface area contributed by atoms with Crippen molar-refractivity contribution < 1.29 is 19.4 Å². The van der Waals surface area contributed by atoms with Crippen LogP contribution in [0, 0.1) is 0 Å². The summed E-state index contributed by atoms with van der Waals surface area (Å²) in [6.07, 6.45) is -0.246. The Balaban J connectivity index is 2.35. The van der Waals surface area contributed by atoms with E-state index in [1.54, 1.807) is 12.0 Å². The standard InChI is InChI=1S/C14H27N3O4/c1-14(2,3)21-13(19)17-8-7-16-12(9-17)15-6-5-11(18)10-20-4/h11,18H,5-10H2,1-4H3,(H,15,16). The van der Waals surface area contributed by atoms with Crippen molar-refractivity contribution in [3.8, 4) is 0 Å². The number of nitrogens with one attached hydrogen (secondary N) is 1. The number of carbonyl (C=O) groups is 1. The summed E-state index contributed by atoms with van der Waals surface area (Å²) in [7, 11) is 1.56. The van der Waals surface area contributed by atoms with E-state index in [0.29, 0.717) is 39.2 Å². The van der Waals surface area contributed by atoms with Gasteiger partial charge in [-0.05, 0) is 27.2 Å². The maximum Gasteiger partial charge on any atom is 0.410 e. The lowest BCUT2D eigenvalue weighted by atomic mass is 10.2. The molecule has 21 heavy (non-hydrogen) atoms. The highest BCUT2D eigenvalue weighted by Gasteiger charge is 2.24. The molecule has 1 amide bonds. The van der Waals surface area contributed by atoms with Gasteiger partial charge in [0.25, 0.3) is 0 Å². The van der Waals surface area contributed by atoms with Crippen LogP contribution in [0.25, 0.3) is 0 Å². The summed E-state index contributed by atoms with van der Waals surface area (Å²) in [5.41, 5.74) is -0.497. The van der Waals surface area contributed by atoms with Crippen molar-refractivity contribution >= 4 is 11.9 Å². The van der Waals surface area contributed by atoms with E-state index in [2.05, 4.69) is 10.3 Å². The summed E-state index contributed by atoms with van der Waals surface area (Å²) in [4.78, 5) is 18.0. The molecule has 2 N–H and O–H groups in total. The van der Waals surface area contributed by atoms with Crippen LogP contribution >= 0.6 is 0 Å². The predicted octanol–water partition coefficient (Wildman–Crippen LogP) is 0.623. The Kier molecular flexibility index (Phi) is 6.91. The summed E-state index contributed by atoms with van der Waals surface area (Å²) >= 11 is 0. The van der Waals surface area contributed by atoms with Gasteiger partial charge in [-0.3, -0.25) is 9.89 Å². The molecular weight excluding hydrogens is 274 g/mol. The molecule has 0 saturated carbocycles. The second kappa shape index (κ2) is 8.19. The number of nitrogens with zero attached hydrogens (tertiary/aromatic N) is 2. The molecule has 1 atom stereocenters. The Morgan fingerprint density at radius 1 is 1.52 bits per heavy atom. The van der Waals surface area contributed by atoms with Crippen molar-refractivity contribution in [2.45, 2.75) is 38.9 Å². The molecule has 0 radical (unpaired) electrons. The lowest BCUT2D eigenvalue weighted by Gasteiger charge is -2.30. The van der Waals surface area contributed by atoms with E-state index >= 15 is 0 Å². The molecule has 0 aromatic carbocycles. The Hall–Kier alpha value is -1.34. The average molecular weight is 301 g/mol. The number of ether oxygens (including phenoxy) is 2. The maximum atomic E-state index is 12.0. The van der Waals surface area contributed by atoms with Crippen LogP contribution in [0.1, 0.15) is 27.2 Å². The first-order valence-electron chi connectivity index (χ1n) is 7.24. The van der Waals surface area contributed by atoms with Crippen LogP contribution in [0.4, 0.5) is 4.79 Å². The molecule has 0 saturated heterocycles. The highest BCUT2D eigenvalue weighted by molar-refractivity contribution is 5.87. The zero-order valence-corrected chi connectivity index (χ0v) is 13.4. The van der Waals surface area contributed by atoms with Gasteiger partial charge < -0.3 is 19.9 Å². The van der Waals surface area contributed by atoms with Crippen LogP contribution in [-0.2, 0) is 9.47 Å². The molecule has 7 heteroatoms. The van der Waals surface area contributed by atoms with E-state index in [1.807, 2.05) is 20.8 Å². The Bertz CT molecular complexity index is 366. The number of aliphatic hydroxyl groups is 1. The van der Waals surface area contributed by atoms with Crippen LogP contribution in [0.15, 0.2) is 4.99 Å². The van der Waals surface area contributed by atoms with Gasteiger partial charge in [0.1, 0.15) is 11.4 Å². The molecule has 1 rings (SSSR count). The fourth-order valence-corrected chi connectivity index (χ4v) is 1.87. The average Bonchev–Trinajstić information content (AvgIpc) is 2.37. The van der Waals surface area contributed by atoms with E-state index in [0.717, 1.165) is 5.84 Å². The summed E-state index contributed by atoms with van der Waals surface area (Å²) in [6, 6.07) is 0. The van der Waals surface area contributed by atoms with Gasteiger partial charge in [0.05, 0.1) is 25.8 Å². The second-order valence-corrected chi connectivity index (χ2v) is 6.05. The number of hydrogen-bond donors (Lipinski definition) is 2. The lowest BCUT2D eigenvalue weighted by Crippen LogP contribution is -2.47. The normalized spacial score (nSPS) is 17.2. The third-order valence-corrected chi connectivity index (χ3v) is 2.83. The van der Waals surface area contributed by atoms with Gasteiger partial charge in [-0.25, -0.2) is 4.79 Å². The van der Waals surface area contributed by atoms with E-state index in [9.17, 15) is 9.90 Å². The maximum absolute atomic E-state index is 12.0. The van der Waals surface area contributed by atoms with Gasteiger partial charge in [0, 0.05) is 20.2 Å². The molecule has 0 fully saturated rings. The molecule has 1 heterocycles. The minimum Gasteiger partial charge on any atom is -0.444 e. The number of amidine groups is 1. The number of aliphatic imine (C=N–C) groups is 1. The van der Waals surface area contributed by atoms with Crippen molar-refractivity contribution in [2.75, 3.05) is 39.9 Å². The number of amides is 1. The molecule has 1 aliphatic rings. The quantitative estimate of drug-likeness (QED) is 0.778. The molecule has 0 spiro atoms. The molecule has 0 aromatic heterocycles. The fourth-order valence-electron chi connectivity index (χ4n) is 1.87. The number of rotatable bonds is 5. The molecule has 122 valence electrons. The van der Waals surface area contributed by atoms with Crippen molar-refractivity contribution in [3.63, 3.8) is 0 Å². The smallest absolute Gasteiger partial charge is 0.410 e. The van der Waals surface area contributed by atoms with E-state index in [-0.39, 0.29) is 6.09 Å². The molecule has 7 nitrogen and oxygen atoms in total. The molecule has 0 aromatic rings. The number of methoxy groups -OCH3 is 1. The van der Waals surface area contributed by atoms with Crippen molar-refractivity contribution in [2.24, 2.45) is 4.99 Å². The molecule has 0 aliphatic carbocycles. The van der Waals surface area contributed by atoms with Gasteiger partial charge in [-0.1, -0.05) is 0 Å². The SMILES string of the molecule is COCC(O)CCNC1=NCCN(C(=O)OC(C)(C)C)C1. The van der Waals surface area contributed by atoms with E-state index < -0.39 is 11.7 Å². The number of aliphatic hydroxyl groups excluding tert-OH is 1. The van der Waals surface area contributed by atoms with Gasteiger partial charge in [-0.2, -0.15) is 0 Å². The van der Waals surface area contributed by atoms with E-state index in [4.69, 9.17) is 9.47 Å². The summed E-state index contributed by atoms with van der Waals surface area (Å²) in [5.74, 6) is 0.747. The molecular formula is C14H27N3O4. The Morgan fingerprint density at radius 2 is 2.24 bits per heavy atom. The van der Waals surface area contributed by atoms with Crippen molar-refractivity contribution in [1.82, 2.24) is 10.2 Å². The Morgan fingerprint density at radius 3 is 2.86 bits per heavy atom. The van der Waals surface area contributed by atoms with Crippen LogP contribution < -0.4 is 5.32 Å². The summed E-state index contributed by atoms with van der Waals surface area (Å²) in [5, 5.41) is 12.7. The molecule has 0 bridgehead atoms. The Labute approximate surface area is 126 Å². The van der Waals surface area contributed by atoms with Gasteiger partial charge in [0.2, 0.25) is 0 Å². The van der Waals surface area contributed by atoms with Crippen LogP contribution in [0.3, 0.4) is 0 Å². The largest absolute Gasteiger partial charge is 0.444 e. The van der Waals surface area contributed by atoms with E-state index in [1.165, 1.54) is 0 Å². The fraction of sp³-hybridized carbons (Fsp3) is 0.857. The first kappa shape index (κ1) is 17.7. The van der Waals surface area contributed by atoms with Gasteiger partial charge in [0.15, 0.2) is 0 Å². The van der Waals surface area contributed by atoms with Crippen molar-refractivity contribution in [1.29, 1.82) is 0 Å². The minimum atomic E-state index is -0.497. The first-order chi connectivity index (χ1) is 9.81. The number of hydrogen-bond acceptors (Lipinski definition) is 6. The lowest BCUT2D eigenvalue weighted by molar-refractivity contribution is 0.0275. The van der Waals surface area contributed by atoms with Crippen molar-refractivity contribution in [3.05, 3.63) is 0 Å². The topological polar surface area (TPSA) is 83.4 Å².